The molecule has 0 saturated heterocycles. The van der Waals surface area contributed by atoms with Gasteiger partial charge < -0.3 is 0 Å². The van der Waals surface area contributed by atoms with E-state index in [-0.39, 0.29) is 17.2 Å². The first kappa shape index (κ1) is 17.0. The third kappa shape index (κ3) is 3.31. The zero-order chi connectivity index (χ0) is 17.3. The van der Waals surface area contributed by atoms with Gasteiger partial charge in [-0.1, -0.05) is 25.3 Å². The Labute approximate surface area is 138 Å². The van der Waals surface area contributed by atoms with Crippen molar-refractivity contribution in [1.82, 2.24) is 4.90 Å². The molecule has 4 nitrogen and oxygen atoms in total. The Kier molecular flexibility index (Phi) is 4.62. The molecule has 1 aliphatic carbocycles. The van der Waals surface area contributed by atoms with Gasteiger partial charge in [0.2, 0.25) is 0 Å². The second-order valence-electron chi connectivity index (χ2n) is 6.46. The van der Waals surface area contributed by atoms with Crippen LogP contribution in [-0.4, -0.2) is 34.9 Å². The summed E-state index contributed by atoms with van der Waals surface area (Å²) in [5.74, 6) is -4.16. The standard InChI is InChI=1S/C17H19F3N2O2/c18-16-10-13(22(23)24)6-7-14(16)15-8-9-21(11-17(15,19)20)12-4-2-1-3-5-12/h6-8,10,12H,1-5,9,11H2. The maximum atomic E-state index is 14.6. The second kappa shape index (κ2) is 6.55. The number of halogens is 3. The molecule has 1 aliphatic heterocycles. The molecule has 1 aromatic rings. The van der Waals surface area contributed by atoms with Gasteiger partial charge in [0.1, 0.15) is 5.82 Å². The lowest BCUT2D eigenvalue weighted by molar-refractivity contribution is -0.385. The summed E-state index contributed by atoms with van der Waals surface area (Å²) in [7, 11) is 0. The summed E-state index contributed by atoms with van der Waals surface area (Å²) in [5.41, 5.74) is -1.07. The molecule has 0 bridgehead atoms. The molecule has 3 rings (SSSR count). The number of non-ortho nitro benzene ring substituents is 1. The molecule has 1 fully saturated rings. The topological polar surface area (TPSA) is 46.4 Å². The Balaban J connectivity index is 1.85. The van der Waals surface area contributed by atoms with Crippen molar-refractivity contribution in [2.75, 3.05) is 13.1 Å². The number of rotatable bonds is 3. The summed E-state index contributed by atoms with van der Waals surface area (Å²) >= 11 is 0. The average molecular weight is 340 g/mol. The molecule has 1 aromatic carbocycles. The van der Waals surface area contributed by atoms with Crippen LogP contribution in [0.5, 0.6) is 0 Å². The molecule has 2 aliphatic rings. The zero-order valence-corrected chi connectivity index (χ0v) is 13.2. The molecule has 130 valence electrons. The Morgan fingerprint density at radius 1 is 1.21 bits per heavy atom. The molecule has 0 atom stereocenters. The maximum absolute atomic E-state index is 14.6. The Bertz CT molecular complexity index is 670. The van der Waals surface area contributed by atoms with Crippen LogP contribution in [0.1, 0.15) is 37.7 Å². The summed E-state index contributed by atoms with van der Waals surface area (Å²) in [6.07, 6.45) is 6.47. The Morgan fingerprint density at radius 2 is 1.92 bits per heavy atom. The van der Waals surface area contributed by atoms with Gasteiger partial charge in [-0.2, -0.15) is 8.78 Å². The fourth-order valence-electron chi connectivity index (χ4n) is 3.63. The first-order valence-corrected chi connectivity index (χ1v) is 8.15. The van der Waals surface area contributed by atoms with Crippen LogP contribution in [0.4, 0.5) is 18.9 Å². The molecule has 7 heteroatoms. The van der Waals surface area contributed by atoms with E-state index >= 15 is 0 Å². The molecule has 1 saturated carbocycles. The fourth-order valence-corrected chi connectivity index (χ4v) is 3.63. The SMILES string of the molecule is O=[N+]([O-])c1ccc(C2=CCN(C3CCCCC3)CC2(F)F)c(F)c1. The number of hydrogen-bond acceptors (Lipinski definition) is 3. The highest BCUT2D eigenvalue weighted by atomic mass is 19.3. The predicted octanol–water partition coefficient (Wildman–Crippen LogP) is 4.40. The van der Waals surface area contributed by atoms with Crippen molar-refractivity contribution in [2.45, 2.75) is 44.1 Å². The van der Waals surface area contributed by atoms with E-state index in [4.69, 9.17) is 0 Å². The lowest BCUT2D eigenvalue weighted by Crippen LogP contribution is -2.47. The van der Waals surface area contributed by atoms with Crippen LogP contribution in [0.3, 0.4) is 0 Å². The van der Waals surface area contributed by atoms with Gasteiger partial charge >= 0.3 is 0 Å². The largest absolute Gasteiger partial charge is 0.290 e. The first-order chi connectivity index (χ1) is 11.4. The number of nitrogens with zero attached hydrogens (tertiary/aromatic N) is 2. The molecule has 0 radical (unpaired) electrons. The number of nitro benzene ring substituents is 1. The highest BCUT2D eigenvalue weighted by molar-refractivity contribution is 5.73. The van der Waals surface area contributed by atoms with Crippen molar-refractivity contribution >= 4 is 11.3 Å². The van der Waals surface area contributed by atoms with E-state index in [1.165, 1.54) is 6.08 Å². The van der Waals surface area contributed by atoms with Crippen LogP contribution >= 0.6 is 0 Å². The van der Waals surface area contributed by atoms with Crippen LogP contribution in [0.15, 0.2) is 24.3 Å². The van der Waals surface area contributed by atoms with Crippen LogP contribution in [-0.2, 0) is 0 Å². The van der Waals surface area contributed by atoms with Crippen molar-refractivity contribution in [3.8, 4) is 0 Å². The van der Waals surface area contributed by atoms with Gasteiger partial charge in [0.15, 0.2) is 0 Å². The van der Waals surface area contributed by atoms with Crippen LogP contribution in [0, 0.1) is 15.9 Å². The number of hydrogen-bond donors (Lipinski definition) is 0. The van der Waals surface area contributed by atoms with E-state index in [9.17, 15) is 23.3 Å². The van der Waals surface area contributed by atoms with E-state index in [0.717, 1.165) is 44.2 Å². The van der Waals surface area contributed by atoms with Gasteiger partial charge in [-0.05, 0) is 18.9 Å². The monoisotopic (exact) mass is 340 g/mol. The molecule has 0 amide bonds. The molecular formula is C17H19F3N2O2. The van der Waals surface area contributed by atoms with Gasteiger partial charge in [0.25, 0.3) is 11.6 Å². The number of benzene rings is 1. The second-order valence-corrected chi connectivity index (χ2v) is 6.46. The molecule has 0 spiro atoms. The highest BCUT2D eigenvalue weighted by Crippen LogP contribution is 2.39. The van der Waals surface area contributed by atoms with E-state index in [1.807, 2.05) is 0 Å². The van der Waals surface area contributed by atoms with Crippen LogP contribution in [0.2, 0.25) is 0 Å². The Morgan fingerprint density at radius 3 is 2.50 bits per heavy atom. The van der Waals surface area contributed by atoms with Gasteiger partial charge in [-0.15, -0.1) is 0 Å². The minimum Gasteiger partial charge on any atom is -0.290 e. The zero-order valence-electron chi connectivity index (χ0n) is 13.2. The quantitative estimate of drug-likeness (QED) is 0.605. The lowest BCUT2D eigenvalue weighted by Gasteiger charge is -2.39. The lowest BCUT2D eigenvalue weighted by atomic mass is 9.90. The van der Waals surface area contributed by atoms with E-state index < -0.39 is 28.9 Å². The van der Waals surface area contributed by atoms with Gasteiger partial charge in [0.05, 0.1) is 17.5 Å². The fraction of sp³-hybridized carbons (Fsp3) is 0.529. The summed E-state index contributed by atoms with van der Waals surface area (Å²) in [6.45, 7) is -0.0774. The number of alkyl halides is 2. The van der Waals surface area contributed by atoms with E-state index in [0.29, 0.717) is 12.6 Å². The molecular weight excluding hydrogens is 321 g/mol. The smallest absolute Gasteiger partial charge is 0.286 e. The van der Waals surface area contributed by atoms with E-state index in [1.54, 1.807) is 4.90 Å². The average Bonchev–Trinajstić information content (AvgIpc) is 2.55. The third-order valence-electron chi connectivity index (χ3n) is 4.87. The molecule has 0 N–H and O–H groups in total. The van der Waals surface area contributed by atoms with Crippen molar-refractivity contribution in [2.24, 2.45) is 0 Å². The minimum atomic E-state index is -3.17. The molecule has 0 unspecified atom stereocenters. The van der Waals surface area contributed by atoms with Crippen LogP contribution in [0.25, 0.3) is 5.57 Å². The van der Waals surface area contributed by atoms with Crippen molar-refractivity contribution in [1.29, 1.82) is 0 Å². The third-order valence-corrected chi connectivity index (χ3v) is 4.87. The van der Waals surface area contributed by atoms with E-state index in [2.05, 4.69) is 0 Å². The first-order valence-electron chi connectivity index (χ1n) is 8.15. The van der Waals surface area contributed by atoms with Crippen molar-refractivity contribution in [3.63, 3.8) is 0 Å². The Hall–Kier alpha value is -1.89. The molecule has 1 heterocycles. The van der Waals surface area contributed by atoms with Crippen molar-refractivity contribution in [3.05, 3.63) is 45.8 Å². The van der Waals surface area contributed by atoms with Crippen LogP contribution < -0.4 is 0 Å². The highest BCUT2D eigenvalue weighted by Gasteiger charge is 2.42. The van der Waals surface area contributed by atoms with Gasteiger partial charge in [0, 0.05) is 29.8 Å². The molecule has 0 aromatic heterocycles. The minimum absolute atomic E-state index is 0.157. The summed E-state index contributed by atoms with van der Waals surface area (Å²) in [6, 6.07) is 2.98. The van der Waals surface area contributed by atoms with Gasteiger partial charge in [-0.25, -0.2) is 4.39 Å². The normalized spacial score (nSPS) is 22.2. The molecule has 24 heavy (non-hydrogen) atoms. The summed E-state index contributed by atoms with van der Waals surface area (Å²) in [4.78, 5) is 11.7. The summed E-state index contributed by atoms with van der Waals surface area (Å²) in [5, 5.41) is 10.7. The van der Waals surface area contributed by atoms with Crippen molar-refractivity contribution < 1.29 is 18.1 Å². The predicted molar refractivity (Wildman–Crippen MR) is 84.4 cm³/mol. The number of nitro groups is 1. The summed E-state index contributed by atoms with van der Waals surface area (Å²) < 4.78 is 43.3. The maximum Gasteiger partial charge on any atom is 0.286 e. The van der Waals surface area contributed by atoms with Gasteiger partial charge in [-0.3, -0.25) is 15.0 Å².